The molecule has 5 nitrogen and oxygen atoms in total. The molecule has 0 aromatic rings. The lowest BCUT2D eigenvalue weighted by Gasteiger charge is -2.17. The molecule has 0 spiro atoms. The van der Waals surface area contributed by atoms with Crippen LogP contribution >= 0.6 is 0 Å². The van der Waals surface area contributed by atoms with Crippen LogP contribution in [0.2, 0.25) is 0 Å². The first-order chi connectivity index (χ1) is 8.95. The van der Waals surface area contributed by atoms with Crippen molar-refractivity contribution >= 4 is 15.8 Å². The summed E-state index contributed by atoms with van der Waals surface area (Å²) >= 11 is 0. The lowest BCUT2D eigenvalue weighted by molar-refractivity contribution is -0.141. The van der Waals surface area contributed by atoms with Gasteiger partial charge in [0.25, 0.3) is 0 Å². The Hall–Kier alpha value is -0.620. The third-order valence-corrected chi connectivity index (χ3v) is 6.00. The fourth-order valence-corrected chi connectivity index (χ4v) is 4.74. The van der Waals surface area contributed by atoms with Gasteiger partial charge in [0.15, 0.2) is 9.84 Å². The minimum absolute atomic E-state index is 0.142. The Morgan fingerprint density at radius 1 is 1.26 bits per heavy atom. The van der Waals surface area contributed by atoms with Crippen LogP contribution in [0.4, 0.5) is 0 Å². The highest BCUT2D eigenvalue weighted by molar-refractivity contribution is 7.91. The second-order valence-corrected chi connectivity index (χ2v) is 8.08. The van der Waals surface area contributed by atoms with Crippen molar-refractivity contribution < 1.29 is 17.9 Å². The number of carbonyl (C=O) groups is 1. The SMILES string of the molecule is COC(=O)CC1(CS(=O)(=O)CCN2CCCC2)CC1. The summed E-state index contributed by atoms with van der Waals surface area (Å²) in [6, 6.07) is 0. The molecular formula is C13H23NO4S. The van der Waals surface area contributed by atoms with E-state index in [1.54, 1.807) is 0 Å². The zero-order valence-corrected chi connectivity index (χ0v) is 12.4. The number of nitrogens with zero attached hydrogens (tertiary/aromatic N) is 1. The predicted octanol–water partition coefficient (Wildman–Crippen LogP) is 0.840. The van der Waals surface area contributed by atoms with Crippen molar-refractivity contribution in [3.05, 3.63) is 0 Å². The van der Waals surface area contributed by atoms with Gasteiger partial charge in [-0.1, -0.05) is 0 Å². The zero-order chi connectivity index (χ0) is 13.9. The molecule has 2 aliphatic rings. The van der Waals surface area contributed by atoms with Gasteiger partial charge in [-0.15, -0.1) is 0 Å². The molecule has 19 heavy (non-hydrogen) atoms. The maximum Gasteiger partial charge on any atom is 0.306 e. The summed E-state index contributed by atoms with van der Waals surface area (Å²) in [7, 11) is -1.72. The van der Waals surface area contributed by atoms with E-state index in [2.05, 4.69) is 9.64 Å². The van der Waals surface area contributed by atoms with Crippen LogP contribution < -0.4 is 0 Å². The summed E-state index contributed by atoms with van der Waals surface area (Å²) < 4.78 is 28.9. The first-order valence-electron chi connectivity index (χ1n) is 6.94. The van der Waals surface area contributed by atoms with Gasteiger partial charge in [0.1, 0.15) is 0 Å². The van der Waals surface area contributed by atoms with Crippen LogP contribution in [0.1, 0.15) is 32.1 Å². The topological polar surface area (TPSA) is 63.7 Å². The number of likely N-dealkylation sites (tertiary alicyclic amines) is 1. The van der Waals surface area contributed by atoms with Crippen molar-refractivity contribution in [2.75, 3.05) is 38.2 Å². The number of methoxy groups -OCH3 is 1. The number of carbonyl (C=O) groups excluding carboxylic acids is 1. The molecule has 6 heteroatoms. The maximum atomic E-state index is 12.1. The fourth-order valence-electron chi connectivity index (χ4n) is 2.74. The molecule has 1 saturated heterocycles. The number of rotatable bonds is 7. The minimum Gasteiger partial charge on any atom is -0.469 e. The number of ether oxygens (including phenoxy) is 1. The number of esters is 1. The van der Waals surface area contributed by atoms with Crippen LogP contribution in [0.5, 0.6) is 0 Å². The zero-order valence-electron chi connectivity index (χ0n) is 11.6. The Kier molecular flexibility index (Phi) is 4.50. The highest BCUT2D eigenvalue weighted by Crippen LogP contribution is 2.50. The summed E-state index contributed by atoms with van der Waals surface area (Å²) in [5.41, 5.74) is -0.322. The first-order valence-corrected chi connectivity index (χ1v) is 8.76. The second-order valence-electron chi connectivity index (χ2n) is 5.89. The molecule has 0 bridgehead atoms. The highest BCUT2D eigenvalue weighted by Gasteiger charge is 2.47. The van der Waals surface area contributed by atoms with Gasteiger partial charge in [-0.05, 0) is 44.2 Å². The summed E-state index contributed by atoms with van der Waals surface area (Å²) in [4.78, 5) is 13.5. The lowest BCUT2D eigenvalue weighted by Crippen LogP contribution is -2.30. The molecule has 0 N–H and O–H groups in total. The smallest absolute Gasteiger partial charge is 0.306 e. The Morgan fingerprint density at radius 2 is 1.89 bits per heavy atom. The van der Waals surface area contributed by atoms with Crippen molar-refractivity contribution in [2.45, 2.75) is 32.1 Å². The van der Waals surface area contributed by atoms with E-state index in [-0.39, 0.29) is 29.3 Å². The summed E-state index contributed by atoms with van der Waals surface area (Å²) in [5, 5.41) is 0. The Labute approximate surface area is 115 Å². The fraction of sp³-hybridized carbons (Fsp3) is 0.923. The lowest BCUT2D eigenvalue weighted by atomic mass is 10.1. The van der Waals surface area contributed by atoms with E-state index in [9.17, 15) is 13.2 Å². The van der Waals surface area contributed by atoms with Crippen LogP contribution in [0, 0.1) is 5.41 Å². The van der Waals surface area contributed by atoms with E-state index in [1.165, 1.54) is 20.0 Å². The van der Waals surface area contributed by atoms with Crippen molar-refractivity contribution in [1.82, 2.24) is 4.90 Å². The molecule has 0 unspecified atom stereocenters. The number of sulfone groups is 1. The molecule has 0 aromatic heterocycles. The van der Waals surface area contributed by atoms with Crippen LogP contribution in [-0.4, -0.2) is 57.5 Å². The van der Waals surface area contributed by atoms with Crippen LogP contribution in [0.3, 0.4) is 0 Å². The van der Waals surface area contributed by atoms with Crippen molar-refractivity contribution in [2.24, 2.45) is 5.41 Å². The molecule has 0 aromatic carbocycles. The summed E-state index contributed by atoms with van der Waals surface area (Å²) in [6.45, 7) is 2.67. The number of hydrogen-bond donors (Lipinski definition) is 0. The third-order valence-electron chi connectivity index (χ3n) is 4.15. The molecule has 1 heterocycles. The van der Waals surface area contributed by atoms with Gasteiger partial charge >= 0.3 is 5.97 Å². The number of hydrogen-bond acceptors (Lipinski definition) is 5. The van der Waals surface area contributed by atoms with Gasteiger partial charge in [-0.25, -0.2) is 8.42 Å². The molecule has 0 atom stereocenters. The van der Waals surface area contributed by atoms with Crippen molar-refractivity contribution in [1.29, 1.82) is 0 Å². The first kappa shape index (κ1) is 14.8. The van der Waals surface area contributed by atoms with Crippen LogP contribution in [0.25, 0.3) is 0 Å². The van der Waals surface area contributed by atoms with Crippen molar-refractivity contribution in [3.63, 3.8) is 0 Å². The molecular weight excluding hydrogens is 266 g/mol. The van der Waals surface area contributed by atoms with Crippen LogP contribution in [0.15, 0.2) is 0 Å². The summed E-state index contributed by atoms with van der Waals surface area (Å²) in [6.07, 6.45) is 4.24. The molecule has 1 aliphatic carbocycles. The van der Waals surface area contributed by atoms with E-state index in [4.69, 9.17) is 0 Å². The molecule has 1 aliphatic heterocycles. The average Bonchev–Trinajstić information content (AvgIpc) is 2.90. The molecule has 0 amide bonds. The van der Waals surface area contributed by atoms with E-state index in [0.717, 1.165) is 25.9 Å². The largest absolute Gasteiger partial charge is 0.469 e. The minimum atomic E-state index is -3.07. The highest BCUT2D eigenvalue weighted by atomic mass is 32.2. The van der Waals surface area contributed by atoms with Crippen molar-refractivity contribution in [3.8, 4) is 0 Å². The maximum absolute atomic E-state index is 12.1. The molecule has 0 radical (unpaired) electrons. The molecule has 110 valence electrons. The second kappa shape index (κ2) is 5.79. The van der Waals surface area contributed by atoms with E-state index in [0.29, 0.717) is 6.54 Å². The molecule has 2 fully saturated rings. The Balaban J connectivity index is 1.81. The molecule has 1 saturated carbocycles. The quantitative estimate of drug-likeness (QED) is 0.650. The normalized spacial score (nSPS) is 22.4. The Morgan fingerprint density at radius 3 is 2.42 bits per heavy atom. The van der Waals surface area contributed by atoms with Gasteiger partial charge in [-0.3, -0.25) is 4.79 Å². The van der Waals surface area contributed by atoms with Gasteiger partial charge < -0.3 is 9.64 Å². The monoisotopic (exact) mass is 289 g/mol. The standard InChI is InChI=1S/C13H23NO4S/c1-18-12(15)10-13(4-5-13)11-19(16,17)9-8-14-6-2-3-7-14/h2-11H2,1H3. The third kappa shape index (κ3) is 4.45. The molecule has 2 rings (SSSR count). The van der Waals surface area contributed by atoms with Gasteiger partial charge in [0, 0.05) is 6.54 Å². The van der Waals surface area contributed by atoms with Gasteiger partial charge in [0.05, 0.1) is 25.0 Å². The Bertz CT molecular complexity index is 422. The van der Waals surface area contributed by atoms with E-state index < -0.39 is 9.84 Å². The van der Waals surface area contributed by atoms with E-state index >= 15 is 0 Å². The van der Waals surface area contributed by atoms with E-state index in [1.807, 2.05) is 0 Å². The van der Waals surface area contributed by atoms with Gasteiger partial charge in [0.2, 0.25) is 0 Å². The van der Waals surface area contributed by atoms with Crippen LogP contribution in [-0.2, 0) is 19.4 Å². The average molecular weight is 289 g/mol. The summed E-state index contributed by atoms with van der Waals surface area (Å²) in [5.74, 6) is 0.0611. The predicted molar refractivity (Wildman–Crippen MR) is 72.6 cm³/mol. The van der Waals surface area contributed by atoms with Gasteiger partial charge in [-0.2, -0.15) is 0 Å².